The Hall–Kier alpha value is -0.610. The Morgan fingerprint density at radius 3 is 2.37 bits per heavy atom. The second-order valence-electron chi connectivity index (χ2n) is 6.77. The maximum Gasteiger partial charge on any atom is 0.246 e. The van der Waals surface area contributed by atoms with Gasteiger partial charge in [-0.15, -0.1) is 0 Å². The number of hydrogen-bond acceptors (Lipinski definition) is 3. The van der Waals surface area contributed by atoms with Crippen molar-refractivity contribution in [2.24, 2.45) is 17.1 Å². The van der Waals surface area contributed by atoms with Gasteiger partial charge >= 0.3 is 0 Å². The van der Waals surface area contributed by atoms with Gasteiger partial charge < -0.3 is 15.8 Å². The van der Waals surface area contributed by atoms with Gasteiger partial charge in [0.2, 0.25) is 5.91 Å². The quantitative estimate of drug-likeness (QED) is 0.804. The number of nitrogens with two attached hydrogens (primary N) is 1. The zero-order chi connectivity index (χ0) is 14.5. The number of carbonyl (C=O) groups excluding carboxylic acids is 1. The number of hydrogen-bond donors (Lipinski definition) is 2. The summed E-state index contributed by atoms with van der Waals surface area (Å²) in [7, 11) is 0. The third-order valence-corrected chi connectivity index (χ3v) is 4.38. The molecule has 1 rings (SSSR count). The summed E-state index contributed by atoms with van der Waals surface area (Å²) in [5, 5.41) is 2.75. The Balaban J connectivity index is 2.49. The molecule has 0 aromatic heterocycles. The van der Waals surface area contributed by atoms with Crippen LogP contribution < -0.4 is 11.1 Å². The molecule has 112 valence electrons. The molecule has 0 atom stereocenters. The van der Waals surface area contributed by atoms with Crippen LogP contribution in [0.5, 0.6) is 0 Å². The molecular formula is C15H30N2O2. The van der Waals surface area contributed by atoms with Crippen molar-refractivity contribution in [3.63, 3.8) is 0 Å². The maximum atomic E-state index is 11.5. The SMILES string of the molecule is CCNC(=O)COC1(CN)CCC(C(C)(C)C)CC1. The average molecular weight is 270 g/mol. The van der Waals surface area contributed by atoms with Crippen LogP contribution >= 0.6 is 0 Å². The zero-order valence-electron chi connectivity index (χ0n) is 12.9. The lowest BCUT2D eigenvalue weighted by Crippen LogP contribution is -2.47. The number of carbonyl (C=O) groups is 1. The van der Waals surface area contributed by atoms with Crippen LogP contribution in [-0.4, -0.2) is 31.2 Å². The first-order chi connectivity index (χ1) is 8.83. The maximum absolute atomic E-state index is 11.5. The summed E-state index contributed by atoms with van der Waals surface area (Å²) in [5.74, 6) is 0.675. The Kier molecular flexibility index (Phi) is 5.81. The van der Waals surface area contributed by atoms with Crippen molar-refractivity contribution in [1.29, 1.82) is 0 Å². The van der Waals surface area contributed by atoms with Gasteiger partial charge in [-0.05, 0) is 43.9 Å². The average Bonchev–Trinajstić information content (AvgIpc) is 2.36. The molecule has 1 fully saturated rings. The number of rotatable bonds is 5. The molecule has 0 aromatic rings. The summed E-state index contributed by atoms with van der Waals surface area (Å²) in [5.41, 5.74) is 5.96. The van der Waals surface area contributed by atoms with E-state index in [1.807, 2.05) is 6.92 Å². The van der Waals surface area contributed by atoms with Crippen LogP contribution in [0, 0.1) is 11.3 Å². The van der Waals surface area contributed by atoms with Crippen LogP contribution in [0.25, 0.3) is 0 Å². The van der Waals surface area contributed by atoms with E-state index in [0.717, 1.165) is 31.6 Å². The Labute approximate surface area is 117 Å². The summed E-state index contributed by atoms with van der Waals surface area (Å²) in [6, 6.07) is 0. The topological polar surface area (TPSA) is 64.3 Å². The van der Waals surface area contributed by atoms with E-state index in [2.05, 4.69) is 26.1 Å². The van der Waals surface area contributed by atoms with E-state index in [0.29, 0.717) is 18.5 Å². The fourth-order valence-electron chi connectivity index (χ4n) is 2.88. The van der Waals surface area contributed by atoms with E-state index >= 15 is 0 Å². The highest BCUT2D eigenvalue weighted by atomic mass is 16.5. The smallest absolute Gasteiger partial charge is 0.246 e. The molecule has 0 saturated heterocycles. The van der Waals surface area contributed by atoms with Gasteiger partial charge in [-0.3, -0.25) is 4.79 Å². The molecular weight excluding hydrogens is 240 g/mol. The van der Waals surface area contributed by atoms with Gasteiger partial charge in [0.25, 0.3) is 0 Å². The van der Waals surface area contributed by atoms with Crippen LogP contribution in [0.4, 0.5) is 0 Å². The van der Waals surface area contributed by atoms with E-state index in [1.165, 1.54) is 0 Å². The van der Waals surface area contributed by atoms with Crippen molar-refractivity contribution in [3.8, 4) is 0 Å². The van der Waals surface area contributed by atoms with Crippen molar-refractivity contribution in [2.75, 3.05) is 19.7 Å². The molecule has 0 aliphatic heterocycles. The predicted molar refractivity (Wildman–Crippen MR) is 77.8 cm³/mol. The first-order valence-electron chi connectivity index (χ1n) is 7.44. The molecule has 19 heavy (non-hydrogen) atoms. The lowest BCUT2D eigenvalue weighted by atomic mass is 9.68. The zero-order valence-corrected chi connectivity index (χ0v) is 12.9. The molecule has 4 heteroatoms. The highest BCUT2D eigenvalue weighted by molar-refractivity contribution is 5.77. The summed E-state index contributed by atoms with van der Waals surface area (Å²) >= 11 is 0. The lowest BCUT2D eigenvalue weighted by molar-refractivity contribution is -0.137. The van der Waals surface area contributed by atoms with Gasteiger partial charge in [0.1, 0.15) is 6.61 Å². The first kappa shape index (κ1) is 16.4. The lowest BCUT2D eigenvalue weighted by Gasteiger charge is -2.43. The largest absolute Gasteiger partial charge is 0.364 e. The minimum absolute atomic E-state index is 0.0479. The second-order valence-corrected chi connectivity index (χ2v) is 6.77. The van der Waals surface area contributed by atoms with E-state index in [9.17, 15) is 4.79 Å². The monoisotopic (exact) mass is 270 g/mol. The van der Waals surface area contributed by atoms with Gasteiger partial charge in [0, 0.05) is 13.1 Å². The summed E-state index contributed by atoms with van der Waals surface area (Å²) in [6.07, 6.45) is 4.20. The van der Waals surface area contributed by atoms with Gasteiger partial charge in [-0.1, -0.05) is 20.8 Å². The van der Waals surface area contributed by atoms with Crippen LogP contribution in [-0.2, 0) is 9.53 Å². The van der Waals surface area contributed by atoms with Crippen LogP contribution in [0.1, 0.15) is 53.4 Å². The fraction of sp³-hybridized carbons (Fsp3) is 0.933. The van der Waals surface area contributed by atoms with E-state index < -0.39 is 0 Å². The van der Waals surface area contributed by atoms with Gasteiger partial charge in [-0.2, -0.15) is 0 Å². The van der Waals surface area contributed by atoms with Crippen LogP contribution in [0.15, 0.2) is 0 Å². The van der Waals surface area contributed by atoms with Crippen molar-refractivity contribution in [3.05, 3.63) is 0 Å². The highest BCUT2D eigenvalue weighted by Gasteiger charge is 2.38. The van der Waals surface area contributed by atoms with Crippen molar-refractivity contribution in [1.82, 2.24) is 5.32 Å². The number of nitrogens with one attached hydrogen (secondary N) is 1. The Morgan fingerprint density at radius 2 is 1.95 bits per heavy atom. The standard InChI is InChI=1S/C15H30N2O2/c1-5-17-13(18)10-19-15(11-16)8-6-12(7-9-15)14(2,3)4/h12H,5-11,16H2,1-4H3,(H,17,18). The van der Waals surface area contributed by atoms with Gasteiger partial charge in [0.05, 0.1) is 5.60 Å². The minimum atomic E-state index is -0.285. The molecule has 3 N–H and O–H groups in total. The third kappa shape index (κ3) is 4.77. The Bertz CT molecular complexity index is 289. The van der Waals surface area contributed by atoms with Crippen molar-refractivity contribution in [2.45, 2.75) is 59.0 Å². The molecule has 0 radical (unpaired) electrons. The highest BCUT2D eigenvalue weighted by Crippen LogP contribution is 2.42. The summed E-state index contributed by atoms with van der Waals surface area (Å²) in [6.45, 7) is 10.1. The number of ether oxygens (including phenoxy) is 1. The molecule has 0 aromatic carbocycles. The molecule has 1 aliphatic rings. The fourth-order valence-corrected chi connectivity index (χ4v) is 2.88. The summed E-state index contributed by atoms with van der Waals surface area (Å²) < 4.78 is 5.86. The molecule has 1 amide bonds. The molecule has 4 nitrogen and oxygen atoms in total. The summed E-state index contributed by atoms with van der Waals surface area (Å²) in [4.78, 5) is 11.5. The molecule has 0 spiro atoms. The molecule has 0 heterocycles. The second kappa shape index (κ2) is 6.71. The Morgan fingerprint density at radius 1 is 1.37 bits per heavy atom. The van der Waals surface area contributed by atoms with Crippen molar-refractivity contribution < 1.29 is 9.53 Å². The first-order valence-corrected chi connectivity index (χ1v) is 7.44. The van der Waals surface area contributed by atoms with E-state index in [-0.39, 0.29) is 18.1 Å². The van der Waals surface area contributed by atoms with Gasteiger partial charge in [0.15, 0.2) is 0 Å². The predicted octanol–water partition coefficient (Wildman–Crippen LogP) is 2.07. The molecule has 1 aliphatic carbocycles. The third-order valence-electron chi connectivity index (χ3n) is 4.38. The van der Waals surface area contributed by atoms with Crippen molar-refractivity contribution >= 4 is 5.91 Å². The van der Waals surface area contributed by atoms with E-state index in [1.54, 1.807) is 0 Å². The van der Waals surface area contributed by atoms with Crippen LogP contribution in [0.3, 0.4) is 0 Å². The number of amides is 1. The molecule has 0 unspecified atom stereocenters. The minimum Gasteiger partial charge on any atom is -0.364 e. The number of likely N-dealkylation sites (N-methyl/N-ethyl adjacent to an activating group) is 1. The molecule has 0 bridgehead atoms. The van der Waals surface area contributed by atoms with Gasteiger partial charge in [-0.25, -0.2) is 0 Å². The molecule has 1 saturated carbocycles. The van der Waals surface area contributed by atoms with Crippen LogP contribution in [0.2, 0.25) is 0 Å². The normalized spacial score (nSPS) is 28.2. The van der Waals surface area contributed by atoms with E-state index in [4.69, 9.17) is 10.5 Å².